The van der Waals surface area contributed by atoms with Gasteiger partial charge in [0.1, 0.15) is 0 Å². The van der Waals surface area contributed by atoms with Gasteiger partial charge in [0.15, 0.2) is 15.1 Å². The molecule has 1 rings (SSSR count). The summed E-state index contributed by atoms with van der Waals surface area (Å²) in [5.74, 6) is -1.51. The van der Waals surface area contributed by atoms with Gasteiger partial charge < -0.3 is 5.11 Å². The SMILES string of the molecule is CCCC(O)[C@H](C(=O)OO)S(=O)(=O)c1ccc([N+](=O)[O-])cc1. The molecule has 0 aliphatic heterocycles. The van der Waals surface area contributed by atoms with Gasteiger partial charge in [-0.3, -0.25) is 15.0 Å². The van der Waals surface area contributed by atoms with Crippen LogP contribution in [0.4, 0.5) is 5.69 Å². The lowest BCUT2D eigenvalue weighted by atomic mass is 10.1. The third kappa shape index (κ3) is 3.78. The van der Waals surface area contributed by atoms with Crippen molar-refractivity contribution < 1.29 is 33.4 Å². The van der Waals surface area contributed by atoms with Crippen LogP contribution in [0, 0.1) is 10.1 Å². The maximum absolute atomic E-state index is 12.4. The molecule has 0 fully saturated rings. The van der Waals surface area contributed by atoms with E-state index in [4.69, 9.17) is 5.26 Å². The fourth-order valence-corrected chi connectivity index (χ4v) is 3.55. The summed E-state index contributed by atoms with van der Waals surface area (Å²) in [6, 6.07) is 3.81. The molecule has 0 bridgehead atoms. The third-order valence-electron chi connectivity index (χ3n) is 2.97. The van der Waals surface area contributed by atoms with Crippen molar-refractivity contribution in [1.29, 1.82) is 0 Å². The average molecular weight is 333 g/mol. The summed E-state index contributed by atoms with van der Waals surface area (Å²) in [6.45, 7) is 1.67. The second kappa shape index (κ2) is 7.29. The monoisotopic (exact) mass is 333 g/mol. The van der Waals surface area contributed by atoms with Crippen molar-refractivity contribution in [2.45, 2.75) is 36.0 Å². The van der Waals surface area contributed by atoms with Gasteiger partial charge in [-0.1, -0.05) is 13.3 Å². The summed E-state index contributed by atoms with van der Waals surface area (Å²) in [5, 5.41) is 26.8. The molecule has 1 aromatic carbocycles. The van der Waals surface area contributed by atoms with Gasteiger partial charge in [0.05, 0.1) is 15.9 Å². The van der Waals surface area contributed by atoms with Gasteiger partial charge in [-0.05, 0) is 18.6 Å². The maximum atomic E-state index is 12.4. The number of rotatable bonds is 7. The van der Waals surface area contributed by atoms with Gasteiger partial charge in [0.25, 0.3) is 5.69 Å². The van der Waals surface area contributed by atoms with Gasteiger partial charge in [0.2, 0.25) is 0 Å². The van der Waals surface area contributed by atoms with Crippen molar-refractivity contribution in [3.8, 4) is 0 Å². The van der Waals surface area contributed by atoms with Crippen LogP contribution in [-0.4, -0.2) is 41.0 Å². The first-order valence-electron chi connectivity index (χ1n) is 6.27. The Morgan fingerprint density at radius 3 is 2.32 bits per heavy atom. The molecule has 0 amide bonds. The van der Waals surface area contributed by atoms with E-state index < -0.39 is 37.0 Å². The fraction of sp³-hybridized carbons (Fsp3) is 0.417. The standard InChI is InChI=1S/C12H15NO8S/c1-2-3-10(14)11(12(15)21-18)22(19,20)9-6-4-8(5-7-9)13(16)17/h4-7,10-11,14,18H,2-3H2,1H3/t10?,11-/m1/s1. The smallest absolute Gasteiger partial charge is 0.363 e. The molecule has 0 heterocycles. The molecule has 0 saturated heterocycles. The molecule has 2 N–H and O–H groups in total. The molecule has 0 saturated carbocycles. The number of aliphatic hydroxyl groups excluding tert-OH is 1. The Bertz CT molecular complexity index is 640. The molecule has 1 unspecified atom stereocenters. The number of benzene rings is 1. The first-order chi connectivity index (χ1) is 10.3. The summed E-state index contributed by atoms with van der Waals surface area (Å²) < 4.78 is 24.8. The van der Waals surface area contributed by atoms with Gasteiger partial charge in [-0.15, -0.1) is 0 Å². The number of hydrogen-bond donors (Lipinski definition) is 2. The highest BCUT2D eigenvalue weighted by atomic mass is 32.2. The van der Waals surface area contributed by atoms with Crippen LogP contribution in [0.5, 0.6) is 0 Å². The van der Waals surface area contributed by atoms with Gasteiger partial charge >= 0.3 is 5.97 Å². The summed E-state index contributed by atoms with van der Waals surface area (Å²) in [5.41, 5.74) is -0.325. The second-order valence-electron chi connectivity index (χ2n) is 4.48. The number of hydrogen-bond acceptors (Lipinski definition) is 8. The highest BCUT2D eigenvalue weighted by Crippen LogP contribution is 2.24. The molecule has 0 radical (unpaired) electrons. The van der Waals surface area contributed by atoms with Crippen LogP contribution in [0.1, 0.15) is 19.8 Å². The van der Waals surface area contributed by atoms with Crippen molar-refractivity contribution in [1.82, 2.24) is 0 Å². The van der Waals surface area contributed by atoms with Crippen LogP contribution < -0.4 is 0 Å². The molecule has 0 aromatic heterocycles. The average Bonchev–Trinajstić information content (AvgIpc) is 2.47. The largest absolute Gasteiger partial charge is 0.391 e. The van der Waals surface area contributed by atoms with E-state index >= 15 is 0 Å². The highest BCUT2D eigenvalue weighted by molar-refractivity contribution is 7.92. The maximum Gasteiger partial charge on any atom is 0.363 e. The Kier molecular flexibility index (Phi) is 5.97. The molecule has 9 nitrogen and oxygen atoms in total. The predicted octanol–water partition coefficient (Wildman–Crippen LogP) is 0.914. The first kappa shape index (κ1) is 18.0. The van der Waals surface area contributed by atoms with Gasteiger partial charge in [-0.2, -0.15) is 5.26 Å². The molecule has 122 valence electrons. The van der Waals surface area contributed by atoms with Crippen molar-refractivity contribution in [2.75, 3.05) is 0 Å². The number of nitrogens with zero attached hydrogens (tertiary/aromatic N) is 1. The Balaban J connectivity index is 3.26. The molecule has 10 heteroatoms. The van der Waals surface area contributed by atoms with Crippen LogP contribution in [-0.2, 0) is 19.5 Å². The van der Waals surface area contributed by atoms with Crippen molar-refractivity contribution in [2.24, 2.45) is 0 Å². The minimum Gasteiger partial charge on any atom is -0.391 e. The minimum absolute atomic E-state index is 0.00796. The van der Waals surface area contributed by atoms with Crippen LogP contribution in [0.25, 0.3) is 0 Å². The third-order valence-corrected chi connectivity index (χ3v) is 5.07. The molecule has 0 aliphatic rings. The van der Waals surface area contributed by atoms with E-state index in [0.29, 0.717) is 6.42 Å². The predicted molar refractivity (Wildman–Crippen MR) is 73.7 cm³/mol. The molecular formula is C12H15NO8S. The number of sulfone groups is 1. The van der Waals surface area contributed by atoms with Crippen molar-refractivity contribution in [3.63, 3.8) is 0 Å². The first-order valence-corrected chi connectivity index (χ1v) is 7.82. The number of aliphatic hydroxyl groups is 1. The number of carbonyl (C=O) groups excluding carboxylic acids is 1. The lowest BCUT2D eigenvalue weighted by Gasteiger charge is -2.19. The van der Waals surface area contributed by atoms with E-state index in [9.17, 15) is 28.4 Å². The van der Waals surface area contributed by atoms with E-state index in [-0.39, 0.29) is 12.1 Å². The summed E-state index contributed by atoms with van der Waals surface area (Å²) in [6.07, 6.45) is -1.19. The van der Waals surface area contributed by atoms with Crippen molar-refractivity contribution in [3.05, 3.63) is 34.4 Å². The number of nitro groups is 1. The molecule has 1 aromatic rings. The normalized spacial score (nSPS) is 14.1. The van der Waals surface area contributed by atoms with E-state index in [1.54, 1.807) is 6.92 Å². The van der Waals surface area contributed by atoms with Crippen LogP contribution >= 0.6 is 0 Å². The molecular weight excluding hydrogens is 318 g/mol. The van der Waals surface area contributed by atoms with Crippen LogP contribution in [0.2, 0.25) is 0 Å². The highest BCUT2D eigenvalue weighted by Gasteiger charge is 2.41. The van der Waals surface area contributed by atoms with Crippen molar-refractivity contribution >= 4 is 21.5 Å². The van der Waals surface area contributed by atoms with Gasteiger partial charge in [-0.25, -0.2) is 13.2 Å². The molecule has 22 heavy (non-hydrogen) atoms. The van der Waals surface area contributed by atoms with E-state index in [0.717, 1.165) is 24.3 Å². The number of carbonyl (C=O) groups is 1. The van der Waals surface area contributed by atoms with E-state index in [2.05, 4.69) is 4.89 Å². The molecule has 0 aliphatic carbocycles. The van der Waals surface area contributed by atoms with Crippen LogP contribution in [0.15, 0.2) is 29.2 Å². The summed E-state index contributed by atoms with van der Waals surface area (Å²) in [4.78, 5) is 24.4. The summed E-state index contributed by atoms with van der Waals surface area (Å²) in [7, 11) is -4.38. The Labute approximate surface area is 126 Å². The zero-order chi connectivity index (χ0) is 16.9. The van der Waals surface area contributed by atoms with Crippen LogP contribution in [0.3, 0.4) is 0 Å². The van der Waals surface area contributed by atoms with E-state index in [1.807, 2.05) is 0 Å². The lowest BCUT2D eigenvalue weighted by Crippen LogP contribution is -2.41. The zero-order valence-corrected chi connectivity index (χ0v) is 12.4. The lowest BCUT2D eigenvalue weighted by molar-refractivity contribution is -0.384. The summed E-state index contributed by atoms with van der Waals surface area (Å²) >= 11 is 0. The Hall–Kier alpha value is -2.04. The zero-order valence-electron chi connectivity index (χ0n) is 11.6. The quantitative estimate of drug-likeness (QED) is 0.425. The molecule has 0 spiro atoms. The second-order valence-corrected chi connectivity index (χ2v) is 6.55. The Morgan fingerprint density at radius 2 is 1.91 bits per heavy atom. The number of nitro benzene ring substituents is 1. The Morgan fingerprint density at radius 1 is 1.36 bits per heavy atom. The minimum atomic E-state index is -4.38. The van der Waals surface area contributed by atoms with E-state index in [1.165, 1.54) is 0 Å². The topological polar surface area (TPSA) is 144 Å². The fourth-order valence-electron chi connectivity index (χ4n) is 1.89. The molecule has 2 atom stereocenters. The number of non-ortho nitro benzene ring substituents is 1. The van der Waals surface area contributed by atoms with Gasteiger partial charge in [0, 0.05) is 12.1 Å².